The van der Waals surface area contributed by atoms with Gasteiger partial charge in [-0.25, -0.2) is 8.42 Å². The maximum atomic E-state index is 12.7. The Balaban J connectivity index is 1.29. The minimum atomic E-state index is -3.54. The van der Waals surface area contributed by atoms with Gasteiger partial charge in [0.15, 0.2) is 11.5 Å². The van der Waals surface area contributed by atoms with Gasteiger partial charge in [-0.3, -0.25) is 9.69 Å². The number of piperazine rings is 1. The minimum absolute atomic E-state index is 0.103. The topological polar surface area (TPSA) is 88.2 Å². The van der Waals surface area contributed by atoms with E-state index in [1.165, 1.54) is 10.4 Å². The molecule has 11 heteroatoms. The smallest absolute Gasteiger partial charge is 0.252 e. The van der Waals surface area contributed by atoms with Gasteiger partial charge in [-0.2, -0.15) is 4.31 Å². The summed E-state index contributed by atoms with van der Waals surface area (Å²) in [5.41, 5.74) is 0.922. The second-order valence-corrected chi connectivity index (χ2v) is 11.0. The molecule has 0 unspecified atom stereocenters. The van der Waals surface area contributed by atoms with Crippen molar-refractivity contribution in [2.45, 2.75) is 23.7 Å². The summed E-state index contributed by atoms with van der Waals surface area (Å²) in [6.45, 7) is 4.05. The van der Waals surface area contributed by atoms with E-state index < -0.39 is 10.0 Å². The molecule has 1 aromatic heterocycles. The summed E-state index contributed by atoms with van der Waals surface area (Å²) in [4.78, 5) is 14.6. The summed E-state index contributed by atoms with van der Waals surface area (Å²) < 4.78 is 38.2. The highest BCUT2D eigenvalue weighted by atomic mass is 35.5. The second-order valence-electron chi connectivity index (χ2n) is 7.08. The first-order valence-corrected chi connectivity index (χ1v) is 12.1. The van der Waals surface area contributed by atoms with Crippen LogP contribution in [0.5, 0.6) is 11.5 Å². The Hall–Kier alpha value is -1.85. The van der Waals surface area contributed by atoms with Crippen LogP contribution in [0.25, 0.3) is 0 Å². The molecule has 2 aromatic rings. The van der Waals surface area contributed by atoms with Gasteiger partial charge in [-0.15, -0.1) is 11.3 Å². The third kappa shape index (κ3) is 4.42. The van der Waals surface area contributed by atoms with Gasteiger partial charge >= 0.3 is 0 Å². The average molecular weight is 472 g/mol. The number of ether oxygens (including phenoxy) is 2. The van der Waals surface area contributed by atoms with E-state index in [2.05, 4.69) is 5.32 Å². The predicted molar refractivity (Wildman–Crippen MR) is 114 cm³/mol. The van der Waals surface area contributed by atoms with E-state index in [4.69, 9.17) is 21.1 Å². The summed E-state index contributed by atoms with van der Waals surface area (Å²) in [6.07, 6.45) is 0. The van der Waals surface area contributed by atoms with Gasteiger partial charge < -0.3 is 14.8 Å². The summed E-state index contributed by atoms with van der Waals surface area (Å²) in [6, 6.07) is 8.32. The van der Waals surface area contributed by atoms with E-state index in [0.717, 1.165) is 16.9 Å². The zero-order valence-corrected chi connectivity index (χ0v) is 18.7. The number of carbonyl (C=O) groups excluding carboxylic acids is 1. The standard InChI is InChI=1S/C19H22ClN3O5S2/c1-13(19(24)21-11-14-2-3-15-16(10-14)28-12-27-15)22-6-8-23(9-7-22)30(25,26)18-5-4-17(20)29-18/h2-5,10,13H,6-9,11-12H2,1H3,(H,21,24)/t13-/m1/s1. The molecule has 1 amide bonds. The molecule has 30 heavy (non-hydrogen) atoms. The Morgan fingerprint density at radius 3 is 2.60 bits per heavy atom. The van der Waals surface area contributed by atoms with Gasteiger partial charge in [0.2, 0.25) is 12.7 Å². The highest BCUT2D eigenvalue weighted by Gasteiger charge is 2.32. The van der Waals surface area contributed by atoms with Crippen molar-refractivity contribution in [3.8, 4) is 11.5 Å². The van der Waals surface area contributed by atoms with Gasteiger partial charge in [0.05, 0.1) is 10.4 Å². The van der Waals surface area contributed by atoms with E-state index in [1.807, 2.05) is 30.0 Å². The highest BCUT2D eigenvalue weighted by Crippen LogP contribution is 2.32. The van der Waals surface area contributed by atoms with Crippen molar-refractivity contribution in [1.82, 2.24) is 14.5 Å². The normalized spacial score (nSPS) is 18.3. The van der Waals surface area contributed by atoms with E-state index in [9.17, 15) is 13.2 Å². The minimum Gasteiger partial charge on any atom is -0.454 e. The van der Waals surface area contributed by atoms with Crippen LogP contribution in [0.3, 0.4) is 0 Å². The molecule has 0 aliphatic carbocycles. The fourth-order valence-corrected chi connectivity index (χ4v) is 6.51. The molecular weight excluding hydrogens is 450 g/mol. The van der Waals surface area contributed by atoms with Gasteiger partial charge in [0, 0.05) is 32.7 Å². The summed E-state index contributed by atoms with van der Waals surface area (Å²) >= 11 is 6.93. The van der Waals surface area contributed by atoms with Crippen molar-refractivity contribution >= 4 is 38.9 Å². The van der Waals surface area contributed by atoms with Crippen LogP contribution in [0.4, 0.5) is 0 Å². The fourth-order valence-electron chi connectivity index (χ4n) is 3.45. The van der Waals surface area contributed by atoms with Crippen molar-refractivity contribution in [2.24, 2.45) is 0 Å². The van der Waals surface area contributed by atoms with Crippen molar-refractivity contribution in [1.29, 1.82) is 0 Å². The molecule has 3 heterocycles. The Morgan fingerprint density at radius 1 is 1.17 bits per heavy atom. The lowest BCUT2D eigenvalue weighted by Gasteiger charge is -2.36. The maximum Gasteiger partial charge on any atom is 0.252 e. The molecule has 1 saturated heterocycles. The largest absolute Gasteiger partial charge is 0.454 e. The van der Waals surface area contributed by atoms with Gasteiger partial charge in [-0.05, 0) is 36.8 Å². The molecule has 1 fully saturated rings. The van der Waals surface area contributed by atoms with Crippen molar-refractivity contribution in [3.63, 3.8) is 0 Å². The van der Waals surface area contributed by atoms with Crippen LogP contribution < -0.4 is 14.8 Å². The second kappa shape index (κ2) is 8.72. The first kappa shape index (κ1) is 21.4. The van der Waals surface area contributed by atoms with E-state index in [1.54, 1.807) is 6.07 Å². The third-order valence-electron chi connectivity index (χ3n) is 5.25. The summed E-state index contributed by atoms with van der Waals surface area (Å²) in [7, 11) is -3.54. The first-order valence-electron chi connectivity index (χ1n) is 9.50. The molecule has 0 saturated carbocycles. The lowest BCUT2D eigenvalue weighted by atomic mass is 10.2. The zero-order valence-electron chi connectivity index (χ0n) is 16.3. The molecule has 8 nitrogen and oxygen atoms in total. The van der Waals surface area contributed by atoms with E-state index in [-0.39, 0.29) is 23.0 Å². The molecule has 2 aliphatic heterocycles. The zero-order chi connectivity index (χ0) is 21.3. The van der Waals surface area contributed by atoms with Gasteiger partial charge in [0.1, 0.15) is 4.21 Å². The number of sulfonamides is 1. The molecule has 0 spiro atoms. The van der Waals surface area contributed by atoms with Gasteiger partial charge in [0.25, 0.3) is 10.0 Å². The average Bonchev–Trinajstić information content (AvgIpc) is 3.40. The number of nitrogens with one attached hydrogen (secondary N) is 1. The fraction of sp³-hybridized carbons (Fsp3) is 0.421. The number of benzene rings is 1. The molecule has 0 bridgehead atoms. The summed E-state index contributed by atoms with van der Waals surface area (Å²) in [5.74, 6) is 1.28. The number of nitrogens with zero attached hydrogens (tertiary/aromatic N) is 2. The molecule has 1 aromatic carbocycles. The van der Waals surface area contributed by atoms with Crippen LogP contribution in [-0.2, 0) is 21.4 Å². The number of halogens is 1. The van der Waals surface area contributed by atoms with Crippen molar-refractivity contribution in [2.75, 3.05) is 33.0 Å². The highest BCUT2D eigenvalue weighted by molar-refractivity contribution is 7.91. The van der Waals surface area contributed by atoms with E-state index >= 15 is 0 Å². The van der Waals surface area contributed by atoms with Crippen LogP contribution in [0.2, 0.25) is 4.34 Å². The molecule has 1 atom stereocenters. The molecule has 0 radical (unpaired) electrons. The molecule has 1 N–H and O–H groups in total. The number of amides is 1. The third-order valence-corrected chi connectivity index (χ3v) is 8.84. The molecule has 4 rings (SSSR count). The molecular formula is C19H22ClN3O5S2. The van der Waals surface area contributed by atoms with Crippen LogP contribution >= 0.6 is 22.9 Å². The van der Waals surface area contributed by atoms with E-state index in [0.29, 0.717) is 48.6 Å². The van der Waals surface area contributed by atoms with Crippen LogP contribution in [-0.4, -0.2) is 62.5 Å². The maximum absolute atomic E-state index is 12.7. The Kier molecular flexibility index (Phi) is 6.21. The van der Waals surface area contributed by atoms with Crippen LogP contribution in [0.15, 0.2) is 34.5 Å². The first-order chi connectivity index (χ1) is 14.3. The number of carbonyl (C=O) groups is 1. The molecule has 162 valence electrons. The lowest BCUT2D eigenvalue weighted by Crippen LogP contribution is -2.54. The van der Waals surface area contributed by atoms with Crippen molar-refractivity contribution in [3.05, 3.63) is 40.2 Å². The SMILES string of the molecule is C[C@H](C(=O)NCc1ccc2c(c1)OCO2)N1CCN(S(=O)(=O)c2ccc(Cl)s2)CC1. The molecule has 2 aliphatic rings. The van der Waals surface area contributed by atoms with Crippen molar-refractivity contribution < 1.29 is 22.7 Å². The number of hydrogen-bond acceptors (Lipinski definition) is 7. The monoisotopic (exact) mass is 471 g/mol. The number of fused-ring (bicyclic) bond motifs is 1. The number of thiophene rings is 1. The summed E-state index contributed by atoms with van der Waals surface area (Å²) in [5, 5.41) is 2.94. The Morgan fingerprint density at radius 2 is 1.90 bits per heavy atom. The Bertz CT molecular complexity index is 1030. The number of rotatable bonds is 6. The number of hydrogen-bond donors (Lipinski definition) is 1. The quantitative estimate of drug-likeness (QED) is 0.694. The lowest BCUT2D eigenvalue weighted by molar-refractivity contribution is -0.126. The Labute approximate surface area is 184 Å². The predicted octanol–water partition coefficient (Wildman–Crippen LogP) is 2.14. The van der Waals surface area contributed by atoms with Gasteiger partial charge in [-0.1, -0.05) is 17.7 Å². The van der Waals surface area contributed by atoms with Crippen LogP contribution in [0, 0.1) is 0 Å². The van der Waals surface area contributed by atoms with Crippen LogP contribution in [0.1, 0.15) is 12.5 Å².